The number of rotatable bonds is 4. The number of benzene rings is 1. The van der Waals surface area contributed by atoms with Crippen molar-refractivity contribution in [1.82, 2.24) is 9.97 Å². The van der Waals surface area contributed by atoms with Crippen LogP contribution in [0.15, 0.2) is 30.6 Å². The van der Waals surface area contributed by atoms with E-state index in [0.717, 1.165) is 29.1 Å². The quantitative estimate of drug-likeness (QED) is 0.773. The largest absolute Gasteiger partial charge is 0.369 e. The van der Waals surface area contributed by atoms with Crippen LogP contribution in [0.2, 0.25) is 0 Å². The molecular formula is C18H18FN3S. The lowest BCUT2D eigenvalue weighted by atomic mass is 9.97. The fourth-order valence-corrected chi connectivity index (χ4v) is 4.47. The number of nitrogens with one attached hydrogen (secondary N) is 1. The third-order valence-electron chi connectivity index (χ3n) is 4.40. The Labute approximate surface area is 138 Å². The Kier molecular flexibility index (Phi) is 3.95. The molecule has 2 heterocycles. The molecule has 0 amide bonds. The lowest BCUT2D eigenvalue weighted by molar-refractivity contribution is 0.610. The van der Waals surface area contributed by atoms with Crippen LogP contribution in [0.3, 0.4) is 0 Å². The highest BCUT2D eigenvalue weighted by atomic mass is 32.1. The van der Waals surface area contributed by atoms with Crippen LogP contribution in [0.1, 0.15) is 28.8 Å². The summed E-state index contributed by atoms with van der Waals surface area (Å²) in [5, 5.41) is 4.57. The smallest absolute Gasteiger partial charge is 0.138 e. The van der Waals surface area contributed by atoms with Crippen molar-refractivity contribution in [2.45, 2.75) is 32.1 Å². The molecule has 1 aliphatic rings. The summed E-state index contributed by atoms with van der Waals surface area (Å²) in [5.41, 5.74) is 2.16. The number of anilines is 1. The van der Waals surface area contributed by atoms with E-state index in [1.165, 1.54) is 34.7 Å². The second-order valence-corrected chi connectivity index (χ2v) is 6.97. The number of aryl methyl sites for hydroxylation is 2. The summed E-state index contributed by atoms with van der Waals surface area (Å²) in [7, 11) is 0. The standard InChI is InChI=1S/C18H18FN3S/c19-14-7-3-1-5-12(14)9-10-20-17-16-13-6-2-4-8-15(13)23-18(16)22-11-21-17/h1,3,5,7,11H,2,4,6,8-10H2,(H,20,21,22). The minimum absolute atomic E-state index is 0.143. The molecule has 0 radical (unpaired) electrons. The van der Waals surface area contributed by atoms with E-state index in [1.807, 2.05) is 12.1 Å². The number of hydrogen-bond acceptors (Lipinski definition) is 4. The first kappa shape index (κ1) is 14.6. The molecule has 0 saturated carbocycles. The number of halogens is 1. The van der Waals surface area contributed by atoms with Gasteiger partial charge in [-0.2, -0.15) is 0 Å². The van der Waals surface area contributed by atoms with Crippen LogP contribution in [0.4, 0.5) is 10.2 Å². The maximum absolute atomic E-state index is 13.7. The summed E-state index contributed by atoms with van der Waals surface area (Å²) in [6.07, 6.45) is 7.04. The van der Waals surface area contributed by atoms with Crippen LogP contribution in [0.5, 0.6) is 0 Å². The first-order valence-corrected chi connectivity index (χ1v) is 8.87. The Hall–Kier alpha value is -2.01. The predicted octanol–water partition coefficient (Wildman–Crippen LogP) is 4.36. The Balaban J connectivity index is 1.57. The summed E-state index contributed by atoms with van der Waals surface area (Å²) in [6, 6.07) is 6.93. The summed E-state index contributed by atoms with van der Waals surface area (Å²) in [4.78, 5) is 11.4. The monoisotopic (exact) mass is 327 g/mol. The number of thiophene rings is 1. The summed E-state index contributed by atoms with van der Waals surface area (Å²) >= 11 is 1.80. The van der Waals surface area contributed by atoms with Crippen molar-refractivity contribution in [2.24, 2.45) is 0 Å². The van der Waals surface area contributed by atoms with Gasteiger partial charge in [-0.3, -0.25) is 0 Å². The fourth-order valence-electron chi connectivity index (χ4n) is 3.24. The summed E-state index contributed by atoms with van der Waals surface area (Å²) < 4.78 is 13.7. The van der Waals surface area contributed by atoms with Gasteiger partial charge in [-0.25, -0.2) is 14.4 Å². The van der Waals surface area contributed by atoms with Gasteiger partial charge < -0.3 is 5.32 Å². The number of nitrogens with zero attached hydrogens (tertiary/aromatic N) is 2. The van der Waals surface area contributed by atoms with Gasteiger partial charge in [0.2, 0.25) is 0 Å². The molecule has 0 fully saturated rings. The second kappa shape index (κ2) is 6.24. The average molecular weight is 327 g/mol. The third kappa shape index (κ3) is 2.81. The SMILES string of the molecule is Fc1ccccc1CCNc1ncnc2sc3c(c12)CCCC3. The van der Waals surface area contributed by atoms with E-state index in [0.29, 0.717) is 13.0 Å². The van der Waals surface area contributed by atoms with Crippen LogP contribution < -0.4 is 5.32 Å². The van der Waals surface area contributed by atoms with Crippen molar-refractivity contribution >= 4 is 27.4 Å². The van der Waals surface area contributed by atoms with Crippen molar-refractivity contribution in [3.63, 3.8) is 0 Å². The average Bonchev–Trinajstić information content (AvgIpc) is 2.96. The molecule has 0 aliphatic heterocycles. The molecule has 4 rings (SSSR count). The zero-order valence-electron chi connectivity index (χ0n) is 12.8. The number of fused-ring (bicyclic) bond motifs is 3. The molecule has 1 aromatic carbocycles. The fraction of sp³-hybridized carbons (Fsp3) is 0.333. The lowest BCUT2D eigenvalue weighted by Crippen LogP contribution is -2.08. The van der Waals surface area contributed by atoms with Crippen molar-refractivity contribution in [2.75, 3.05) is 11.9 Å². The van der Waals surface area contributed by atoms with Gasteiger partial charge in [-0.1, -0.05) is 18.2 Å². The number of aromatic nitrogens is 2. The van der Waals surface area contributed by atoms with E-state index in [4.69, 9.17) is 0 Å². The van der Waals surface area contributed by atoms with Gasteiger partial charge in [0.15, 0.2) is 0 Å². The third-order valence-corrected chi connectivity index (χ3v) is 5.60. The summed E-state index contributed by atoms with van der Waals surface area (Å²) in [5.74, 6) is 0.751. The second-order valence-electron chi connectivity index (χ2n) is 5.88. The molecule has 3 nitrogen and oxygen atoms in total. The minimum atomic E-state index is -0.143. The molecular weight excluding hydrogens is 309 g/mol. The van der Waals surface area contributed by atoms with Crippen molar-refractivity contribution < 1.29 is 4.39 Å². The Bertz CT molecular complexity index is 843. The highest BCUT2D eigenvalue weighted by Gasteiger charge is 2.19. The van der Waals surface area contributed by atoms with Gasteiger partial charge in [0, 0.05) is 11.4 Å². The molecule has 118 valence electrons. The molecule has 0 spiro atoms. The Morgan fingerprint density at radius 2 is 2.00 bits per heavy atom. The van der Waals surface area contributed by atoms with Gasteiger partial charge in [-0.05, 0) is 49.3 Å². The number of hydrogen-bond donors (Lipinski definition) is 1. The van der Waals surface area contributed by atoms with Crippen LogP contribution in [-0.2, 0) is 19.3 Å². The van der Waals surface area contributed by atoms with Crippen LogP contribution in [0.25, 0.3) is 10.2 Å². The Morgan fingerprint density at radius 1 is 1.13 bits per heavy atom. The van der Waals surface area contributed by atoms with Gasteiger partial charge in [0.05, 0.1) is 5.39 Å². The molecule has 1 aliphatic carbocycles. The van der Waals surface area contributed by atoms with E-state index in [-0.39, 0.29) is 5.82 Å². The molecule has 23 heavy (non-hydrogen) atoms. The van der Waals surface area contributed by atoms with Gasteiger partial charge in [0.1, 0.15) is 22.8 Å². The van der Waals surface area contributed by atoms with E-state index >= 15 is 0 Å². The highest BCUT2D eigenvalue weighted by molar-refractivity contribution is 7.19. The molecule has 2 aromatic heterocycles. The van der Waals surface area contributed by atoms with E-state index in [2.05, 4.69) is 15.3 Å². The molecule has 0 unspecified atom stereocenters. The maximum Gasteiger partial charge on any atom is 0.138 e. The van der Waals surface area contributed by atoms with E-state index in [9.17, 15) is 4.39 Å². The highest BCUT2D eigenvalue weighted by Crippen LogP contribution is 2.38. The van der Waals surface area contributed by atoms with Crippen molar-refractivity contribution in [1.29, 1.82) is 0 Å². The first-order chi connectivity index (χ1) is 11.3. The normalized spacial score (nSPS) is 14.0. The molecule has 5 heteroatoms. The van der Waals surface area contributed by atoms with E-state index < -0.39 is 0 Å². The zero-order chi connectivity index (χ0) is 15.6. The van der Waals surface area contributed by atoms with Crippen LogP contribution >= 0.6 is 11.3 Å². The predicted molar refractivity (Wildman–Crippen MR) is 92.7 cm³/mol. The molecule has 0 saturated heterocycles. The topological polar surface area (TPSA) is 37.8 Å². The summed E-state index contributed by atoms with van der Waals surface area (Å²) in [6.45, 7) is 0.664. The van der Waals surface area contributed by atoms with Crippen LogP contribution in [0, 0.1) is 5.82 Å². The molecule has 0 atom stereocenters. The Morgan fingerprint density at radius 3 is 2.91 bits per heavy atom. The van der Waals surface area contributed by atoms with Crippen molar-refractivity contribution in [3.05, 3.63) is 52.4 Å². The van der Waals surface area contributed by atoms with E-state index in [1.54, 1.807) is 23.7 Å². The molecule has 0 bridgehead atoms. The van der Waals surface area contributed by atoms with Gasteiger partial charge >= 0.3 is 0 Å². The minimum Gasteiger partial charge on any atom is -0.369 e. The molecule has 1 N–H and O–H groups in total. The molecule has 3 aromatic rings. The van der Waals surface area contributed by atoms with Crippen LogP contribution in [-0.4, -0.2) is 16.5 Å². The zero-order valence-corrected chi connectivity index (χ0v) is 13.6. The first-order valence-electron chi connectivity index (χ1n) is 8.05. The van der Waals surface area contributed by atoms with Gasteiger partial charge in [0.25, 0.3) is 0 Å². The maximum atomic E-state index is 13.7. The van der Waals surface area contributed by atoms with Crippen molar-refractivity contribution in [3.8, 4) is 0 Å². The lowest BCUT2D eigenvalue weighted by Gasteiger charge is -2.12. The van der Waals surface area contributed by atoms with Gasteiger partial charge in [-0.15, -0.1) is 11.3 Å².